The molecule has 1 aromatic carbocycles. The van der Waals surface area contributed by atoms with E-state index in [2.05, 4.69) is 20.5 Å². The number of halogens is 1. The zero-order chi connectivity index (χ0) is 18.0. The van der Waals surface area contributed by atoms with E-state index < -0.39 is 0 Å². The summed E-state index contributed by atoms with van der Waals surface area (Å²) < 4.78 is 1.80. The number of nitrogens with one attached hydrogen (secondary N) is 1. The van der Waals surface area contributed by atoms with Gasteiger partial charge in [0.2, 0.25) is 5.91 Å². The molecular weight excluding hydrogens is 360 g/mol. The van der Waals surface area contributed by atoms with Crippen LogP contribution in [0.25, 0.3) is 5.78 Å². The van der Waals surface area contributed by atoms with Crippen molar-refractivity contribution in [2.24, 2.45) is 0 Å². The molecule has 0 aliphatic heterocycles. The van der Waals surface area contributed by atoms with E-state index in [0.717, 1.165) is 11.4 Å². The van der Waals surface area contributed by atoms with Crippen molar-refractivity contribution in [1.29, 1.82) is 5.26 Å². The van der Waals surface area contributed by atoms with Gasteiger partial charge in [0.1, 0.15) is 6.07 Å². The van der Waals surface area contributed by atoms with Crippen LogP contribution in [0.5, 0.6) is 0 Å². The Balaban J connectivity index is 1.74. The average molecular weight is 373 g/mol. The van der Waals surface area contributed by atoms with E-state index in [1.807, 2.05) is 26.0 Å². The number of hydrogen-bond donors (Lipinski definition) is 1. The molecule has 7 nitrogen and oxygen atoms in total. The Labute approximate surface area is 153 Å². The first-order valence-corrected chi connectivity index (χ1v) is 8.66. The predicted octanol–water partition coefficient (Wildman–Crippen LogP) is 3.00. The Kier molecular flexibility index (Phi) is 4.88. The number of nitrogens with zero attached hydrogens (tertiary/aromatic N) is 5. The highest BCUT2D eigenvalue weighted by Gasteiger charge is 2.13. The summed E-state index contributed by atoms with van der Waals surface area (Å²) in [6.07, 6.45) is 0. The van der Waals surface area contributed by atoms with Gasteiger partial charge in [0.05, 0.1) is 17.0 Å². The molecule has 0 aliphatic rings. The normalized spacial score (nSPS) is 10.6. The largest absolute Gasteiger partial charge is 0.324 e. The summed E-state index contributed by atoms with van der Waals surface area (Å²) >= 11 is 7.16. The van der Waals surface area contributed by atoms with Gasteiger partial charge in [-0.1, -0.05) is 23.4 Å². The molecule has 0 fully saturated rings. The standard InChI is InChI=1S/C16H13ClN6OS/c1-9-5-10(2)23-15(19-9)21-22-16(23)25-8-14(24)20-13-6-12(17)4-3-11(13)7-18/h3-6H,8H2,1-2H3,(H,20,24). The van der Waals surface area contributed by atoms with E-state index in [1.54, 1.807) is 22.6 Å². The molecule has 1 amide bonds. The van der Waals surface area contributed by atoms with E-state index in [-0.39, 0.29) is 11.7 Å². The third kappa shape index (κ3) is 3.73. The Morgan fingerprint density at radius 3 is 2.92 bits per heavy atom. The maximum absolute atomic E-state index is 12.2. The van der Waals surface area contributed by atoms with Gasteiger partial charge in [-0.05, 0) is 38.1 Å². The molecule has 0 saturated heterocycles. The van der Waals surface area contributed by atoms with Gasteiger partial charge in [-0.3, -0.25) is 9.20 Å². The fraction of sp³-hybridized carbons (Fsp3) is 0.188. The summed E-state index contributed by atoms with van der Waals surface area (Å²) in [5.41, 5.74) is 2.54. The number of amides is 1. The lowest BCUT2D eigenvalue weighted by Gasteiger charge is -2.07. The fourth-order valence-corrected chi connectivity index (χ4v) is 3.29. The monoisotopic (exact) mass is 372 g/mol. The number of aryl methyl sites for hydroxylation is 2. The second-order valence-corrected chi connectivity index (χ2v) is 6.67. The number of thioether (sulfide) groups is 1. The van der Waals surface area contributed by atoms with Crippen molar-refractivity contribution in [3.8, 4) is 6.07 Å². The Bertz CT molecular complexity index is 1010. The number of carbonyl (C=O) groups excluding carboxylic acids is 1. The zero-order valence-electron chi connectivity index (χ0n) is 13.4. The summed E-state index contributed by atoms with van der Waals surface area (Å²) in [6, 6.07) is 8.66. The van der Waals surface area contributed by atoms with Gasteiger partial charge >= 0.3 is 0 Å². The van der Waals surface area contributed by atoms with Gasteiger partial charge in [-0.2, -0.15) is 5.26 Å². The molecule has 1 N–H and O–H groups in total. The fourth-order valence-electron chi connectivity index (χ4n) is 2.33. The number of benzene rings is 1. The van der Waals surface area contributed by atoms with Gasteiger partial charge in [0.25, 0.3) is 5.78 Å². The molecule has 0 saturated carbocycles. The molecule has 0 atom stereocenters. The van der Waals surface area contributed by atoms with E-state index in [9.17, 15) is 4.79 Å². The zero-order valence-corrected chi connectivity index (χ0v) is 15.0. The van der Waals surface area contributed by atoms with Crippen molar-refractivity contribution in [2.45, 2.75) is 19.0 Å². The molecule has 126 valence electrons. The average Bonchev–Trinajstić information content (AvgIpc) is 2.96. The van der Waals surface area contributed by atoms with Gasteiger partial charge < -0.3 is 5.32 Å². The molecule has 0 radical (unpaired) electrons. The van der Waals surface area contributed by atoms with Crippen LogP contribution < -0.4 is 5.32 Å². The van der Waals surface area contributed by atoms with E-state index in [1.165, 1.54) is 11.8 Å². The number of hydrogen-bond acceptors (Lipinski definition) is 6. The van der Waals surface area contributed by atoms with Gasteiger partial charge in [0.15, 0.2) is 5.16 Å². The molecule has 3 rings (SSSR count). The van der Waals surface area contributed by atoms with E-state index in [4.69, 9.17) is 16.9 Å². The second-order valence-electron chi connectivity index (χ2n) is 5.30. The van der Waals surface area contributed by atoms with Crippen molar-refractivity contribution < 1.29 is 4.79 Å². The molecule has 2 heterocycles. The van der Waals surface area contributed by atoms with Gasteiger partial charge in [-0.25, -0.2) is 4.98 Å². The third-order valence-corrected chi connectivity index (χ3v) is 4.54. The molecule has 0 unspecified atom stereocenters. The van der Waals surface area contributed by atoms with Crippen LogP contribution in [-0.2, 0) is 4.79 Å². The molecule has 9 heteroatoms. The summed E-state index contributed by atoms with van der Waals surface area (Å²) in [4.78, 5) is 16.5. The first-order valence-electron chi connectivity index (χ1n) is 7.29. The van der Waals surface area contributed by atoms with E-state index >= 15 is 0 Å². The maximum Gasteiger partial charge on any atom is 0.256 e. The van der Waals surface area contributed by atoms with Crippen LogP contribution in [0.3, 0.4) is 0 Å². The Hall–Kier alpha value is -2.63. The van der Waals surface area contributed by atoms with Crippen molar-refractivity contribution in [2.75, 3.05) is 11.1 Å². The highest BCUT2D eigenvalue weighted by Crippen LogP contribution is 2.22. The van der Waals surface area contributed by atoms with Gasteiger partial charge in [-0.15, -0.1) is 10.2 Å². The number of anilines is 1. The highest BCUT2D eigenvalue weighted by molar-refractivity contribution is 7.99. The summed E-state index contributed by atoms with van der Waals surface area (Å²) in [5, 5.41) is 20.9. The number of fused-ring (bicyclic) bond motifs is 1. The third-order valence-electron chi connectivity index (χ3n) is 3.37. The number of aromatic nitrogens is 4. The SMILES string of the molecule is Cc1cc(C)n2c(SCC(=O)Nc3cc(Cl)ccc3C#N)nnc2n1. The van der Waals surface area contributed by atoms with Crippen LogP contribution >= 0.6 is 23.4 Å². The molecule has 3 aromatic rings. The van der Waals surface area contributed by atoms with Crippen molar-refractivity contribution in [3.63, 3.8) is 0 Å². The Morgan fingerprint density at radius 2 is 2.16 bits per heavy atom. The minimum Gasteiger partial charge on any atom is -0.324 e. The minimum atomic E-state index is -0.266. The van der Waals surface area contributed by atoms with Crippen LogP contribution in [0.1, 0.15) is 17.0 Å². The smallest absolute Gasteiger partial charge is 0.256 e. The summed E-state index contributed by atoms with van der Waals surface area (Å²) in [6.45, 7) is 3.82. The molecule has 2 aromatic heterocycles. The lowest BCUT2D eigenvalue weighted by molar-refractivity contribution is -0.113. The van der Waals surface area contributed by atoms with Crippen LogP contribution in [0.15, 0.2) is 29.4 Å². The van der Waals surface area contributed by atoms with E-state index in [0.29, 0.717) is 27.2 Å². The van der Waals surface area contributed by atoms with Crippen LogP contribution in [0.4, 0.5) is 5.69 Å². The first kappa shape index (κ1) is 17.2. The van der Waals surface area contributed by atoms with Gasteiger partial charge in [0, 0.05) is 16.4 Å². The van der Waals surface area contributed by atoms with Crippen LogP contribution in [-0.4, -0.2) is 31.2 Å². The molecule has 0 bridgehead atoms. The molecule has 0 spiro atoms. The lowest BCUT2D eigenvalue weighted by atomic mass is 10.2. The minimum absolute atomic E-state index is 0.117. The lowest BCUT2D eigenvalue weighted by Crippen LogP contribution is -2.15. The maximum atomic E-state index is 12.2. The quantitative estimate of drug-likeness (QED) is 0.707. The van der Waals surface area contributed by atoms with Crippen LogP contribution in [0, 0.1) is 25.2 Å². The Morgan fingerprint density at radius 1 is 1.36 bits per heavy atom. The van der Waals surface area contributed by atoms with Crippen LogP contribution in [0.2, 0.25) is 5.02 Å². The topological polar surface area (TPSA) is 96.0 Å². The molecular formula is C16H13ClN6OS. The first-order chi connectivity index (χ1) is 12.0. The highest BCUT2D eigenvalue weighted by atomic mass is 35.5. The predicted molar refractivity (Wildman–Crippen MR) is 95.8 cm³/mol. The molecule has 0 aliphatic carbocycles. The number of nitriles is 1. The second kappa shape index (κ2) is 7.09. The van der Waals surface area contributed by atoms with Crippen molar-refractivity contribution in [1.82, 2.24) is 19.6 Å². The number of rotatable bonds is 4. The number of carbonyl (C=O) groups is 1. The van der Waals surface area contributed by atoms with Crippen molar-refractivity contribution >= 4 is 40.7 Å². The molecule has 25 heavy (non-hydrogen) atoms. The summed E-state index contributed by atoms with van der Waals surface area (Å²) in [7, 11) is 0. The van der Waals surface area contributed by atoms with Crippen molar-refractivity contribution in [3.05, 3.63) is 46.2 Å². The summed E-state index contributed by atoms with van der Waals surface area (Å²) in [5.74, 6) is 0.353.